The molecular formula is C29H24Cl3FN8O2S. The fourth-order valence-corrected chi connectivity index (χ4v) is 6.92. The molecule has 1 fully saturated rings. The molecule has 5 rings (SSSR count). The van der Waals surface area contributed by atoms with Crippen molar-refractivity contribution in [2.75, 3.05) is 22.9 Å². The highest BCUT2D eigenvalue weighted by Gasteiger charge is 2.28. The van der Waals surface area contributed by atoms with Crippen LogP contribution in [-0.2, 0) is 10.0 Å². The van der Waals surface area contributed by atoms with Crippen molar-refractivity contribution in [3.8, 4) is 6.07 Å². The van der Waals surface area contributed by atoms with Gasteiger partial charge in [0.2, 0.25) is 10.0 Å². The Labute approximate surface area is 267 Å². The Balaban J connectivity index is 1.50. The van der Waals surface area contributed by atoms with Gasteiger partial charge in [-0.2, -0.15) is 20.7 Å². The average molecular weight is 674 g/mol. The molecule has 0 aliphatic carbocycles. The quantitative estimate of drug-likeness (QED) is 0.125. The molecule has 1 saturated heterocycles. The number of sulfonamides is 1. The normalized spacial score (nSPS) is 15.5. The molecule has 1 aliphatic rings. The SMILES string of the molecule is C=C(/C=C\C=C(/C)N1CCCS1(=O)=O)[C@H](Nc1cc(Cl)c2ncc(C#N)c(Nc3ccc(Cl)c(Cl)c3F)c2c1)c1cn[nH]n1. The highest BCUT2D eigenvalue weighted by Crippen LogP contribution is 2.38. The van der Waals surface area contributed by atoms with E-state index in [0.717, 1.165) is 0 Å². The molecule has 0 spiro atoms. The van der Waals surface area contributed by atoms with Crippen molar-refractivity contribution in [1.29, 1.82) is 5.26 Å². The Hall–Kier alpha value is -4.15. The number of allylic oxidation sites excluding steroid dienone is 3. The molecule has 4 aromatic rings. The van der Waals surface area contributed by atoms with E-state index < -0.39 is 21.9 Å². The van der Waals surface area contributed by atoms with Gasteiger partial charge in [0, 0.05) is 29.5 Å². The zero-order valence-corrected chi connectivity index (χ0v) is 26.2. The summed E-state index contributed by atoms with van der Waals surface area (Å²) in [6, 6.07) is 7.68. The monoisotopic (exact) mass is 672 g/mol. The summed E-state index contributed by atoms with van der Waals surface area (Å²) in [7, 11) is -3.29. The van der Waals surface area contributed by atoms with Crippen molar-refractivity contribution in [3.63, 3.8) is 0 Å². The number of hydrogen-bond donors (Lipinski definition) is 3. The van der Waals surface area contributed by atoms with Gasteiger partial charge in [-0.3, -0.25) is 9.29 Å². The molecule has 0 saturated carbocycles. The van der Waals surface area contributed by atoms with Gasteiger partial charge >= 0.3 is 0 Å². The number of nitrogens with one attached hydrogen (secondary N) is 3. The van der Waals surface area contributed by atoms with Crippen LogP contribution in [0.4, 0.5) is 21.5 Å². The number of pyridine rings is 1. The Morgan fingerprint density at radius 2 is 2.05 bits per heavy atom. The first-order valence-corrected chi connectivity index (χ1v) is 15.8. The van der Waals surface area contributed by atoms with E-state index in [1.807, 2.05) is 0 Å². The summed E-state index contributed by atoms with van der Waals surface area (Å²) >= 11 is 18.6. The molecule has 10 nitrogen and oxygen atoms in total. The molecule has 3 N–H and O–H groups in total. The van der Waals surface area contributed by atoms with E-state index in [4.69, 9.17) is 34.8 Å². The predicted octanol–water partition coefficient (Wildman–Crippen LogP) is 7.27. The van der Waals surface area contributed by atoms with Gasteiger partial charge < -0.3 is 10.6 Å². The van der Waals surface area contributed by atoms with Gasteiger partial charge in [0.05, 0.1) is 55.5 Å². The van der Waals surface area contributed by atoms with Gasteiger partial charge in [-0.15, -0.1) is 0 Å². The number of rotatable bonds is 9. The molecule has 3 heterocycles. The summed E-state index contributed by atoms with van der Waals surface area (Å²) in [4.78, 5) is 4.34. The second-order valence-electron chi connectivity index (χ2n) is 9.82. The number of nitrogens with zero attached hydrogens (tertiary/aromatic N) is 5. The first-order valence-electron chi connectivity index (χ1n) is 13.1. The van der Waals surface area contributed by atoms with Crippen LogP contribution in [-0.4, -0.2) is 45.4 Å². The van der Waals surface area contributed by atoms with Crippen molar-refractivity contribution < 1.29 is 12.8 Å². The van der Waals surface area contributed by atoms with Crippen molar-refractivity contribution in [2.24, 2.45) is 0 Å². The van der Waals surface area contributed by atoms with Crippen LogP contribution in [0.25, 0.3) is 10.9 Å². The number of halogens is 4. The van der Waals surface area contributed by atoms with Crippen molar-refractivity contribution in [1.82, 2.24) is 24.7 Å². The van der Waals surface area contributed by atoms with Gasteiger partial charge in [-0.25, -0.2) is 12.8 Å². The number of H-pyrrole nitrogens is 1. The van der Waals surface area contributed by atoms with E-state index in [2.05, 4.69) is 43.7 Å². The van der Waals surface area contributed by atoms with Gasteiger partial charge in [0.25, 0.3) is 0 Å². The van der Waals surface area contributed by atoms with Crippen LogP contribution in [0.2, 0.25) is 15.1 Å². The Kier molecular flexibility index (Phi) is 9.12. The standard InChI is InChI=1S/C29H24Cl3FN8O2S/c1-16(5-3-6-17(2)41-9-4-10-44(41,42)43)27(24-15-36-40-39-24)37-19-11-20-28(18(13-34)14-35-29(20)22(31)12-19)38-23-8-7-21(30)25(32)26(23)33/h3,5-8,11-12,14-15,27,37H,1,4,9-10H2,2H3,(H,35,38)(H,36,39,40)/b5-3-,17-6+/t27-/m0/s1. The van der Waals surface area contributed by atoms with E-state index in [-0.39, 0.29) is 37.8 Å². The number of hydrogen-bond acceptors (Lipinski definition) is 8. The molecule has 0 amide bonds. The lowest BCUT2D eigenvalue weighted by Crippen LogP contribution is -2.23. The van der Waals surface area contributed by atoms with E-state index in [0.29, 0.717) is 46.5 Å². The predicted molar refractivity (Wildman–Crippen MR) is 171 cm³/mol. The summed E-state index contributed by atoms with van der Waals surface area (Å²) in [5.41, 5.74) is 2.96. The first kappa shape index (κ1) is 31.3. The first-order chi connectivity index (χ1) is 21.0. The number of nitriles is 1. The molecular weight excluding hydrogens is 650 g/mol. The van der Waals surface area contributed by atoms with Crippen molar-refractivity contribution in [3.05, 3.63) is 105 Å². The lowest BCUT2D eigenvalue weighted by molar-refractivity contribution is 0.512. The van der Waals surface area contributed by atoms with E-state index in [9.17, 15) is 18.1 Å². The number of anilines is 3. The second kappa shape index (κ2) is 12.8. The molecule has 0 bridgehead atoms. The number of benzene rings is 2. The molecule has 1 atom stereocenters. The lowest BCUT2D eigenvalue weighted by Gasteiger charge is -2.20. The third kappa shape index (κ3) is 6.37. The molecule has 2 aromatic carbocycles. The van der Waals surface area contributed by atoms with Gasteiger partial charge in [-0.05, 0) is 49.3 Å². The van der Waals surface area contributed by atoms with Crippen molar-refractivity contribution >= 4 is 72.8 Å². The summed E-state index contributed by atoms with van der Waals surface area (Å²) < 4.78 is 40.8. The largest absolute Gasteiger partial charge is 0.373 e. The maximum Gasteiger partial charge on any atom is 0.234 e. The number of aromatic amines is 1. The van der Waals surface area contributed by atoms with E-state index in [1.165, 1.54) is 28.8 Å². The van der Waals surface area contributed by atoms with Crippen molar-refractivity contribution in [2.45, 2.75) is 19.4 Å². The Morgan fingerprint density at radius 3 is 2.73 bits per heavy atom. The molecule has 0 radical (unpaired) electrons. The van der Waals surface area contributed by atoms with Crippen LogP contribution < -0.4 is 10.6 Å². The molecule has 226 valence electrons. The number of aromatic nitrogens is 4. The van der Waals surface area contributed by atoms with Crippen LogP contribution in [0.15, 0.2) is 72.7 Å². The maximum absolute atomic E-state index is 15.0. The second-order valence-corrected chi connectivity index (χ2v) is 13.0. The summed E-state index contributed by atoms with van der Waals surface area (Å²) in [6.07, 6.45) is 8.61. The fourth-order valence-electron chi connectivity index (χ4n) is 4.72. The third-order valence-electron chi connectivity index (χ3n) is 6.89. The minimum absolute atomic E-state index is 0.00181. The zero-order valence-electron chi connectivity index (χ0n) is 23.1. The lowest BCUT2D eigenvalue weighted by atomic mass is 10.0. The maximum atomic E-state index is 15.0. The van der Waals surface area contributed by atoms with Crippen LogP contribution in [0.1, 0.15) is 30.6 Å². The minimum atomic E-state index is -3.29. The fraction of sp³-hybridized carbons (Fsp3) is 0.172. The van der Waals surface area contributed by atoms with Crippen LogP contribution in [0.3, 0.4) is 0 Å². The average Bonchev–Trinajstić information content (AvgIpc) is 3.65. The molecule has 15 heteroatoms. The topological polar surface area (TPSA) is 140 Å². The minimum Gasteiger partial charge on any atom is -0.373 e. The summed E-state index contributed by atoms with van der Waals surface area (Å²) in [6.45, 7) is 6.37. The Morgan fingerprint density at radius 1 is 1.25 bits per heavy atom. The molecule has 44 heavy (non-hydrogen) atoms. The third-order valence-corrected chi connectivity index (χ3v) is 9.91. The molecule has 0 unspecified atom stereocenters. The van der Waals surface area contributed by atoms with Crippen LogP contribution >= 0.6 is 34.8 Å². The van der Waals surface area contributed by atoms with Crippen LogP contribution in [0, 0.1) is 17.1 Å². The smallest absolute Gasteiger partial charge is 0.234 e. The van der Waals surface area contributed by atoms with E-state index in [1.54, 1.807) is 37.3 Å². The summed E-state index contributed by atoms with van der Waals surface area (Å²) in [5.74, 6) is -0.652. The van der Waals surface area contributed by atoms with Gasteiger partial charge in [0.1, 0.15) is 11.8 Å². The molecule has 2 aromatic heterocycles. The highest BCUT2D eigenvalue weighted by molar-refractivity contribution is 7.89. The van der Waals surface area contributed by atoms with Gasteiger partial charge in [0.15, 0.2) is 5.82 Å². The summed E-state index contributed by atoms with van der Waals surface area (Å²) in [5, 5.41) is 27.3. The van der Waals surface area contributed by atoms with Gasteiger partial charge in [-0.1, -0.05) is 53.5 Å². The molecule has 1 aliphatic heterocycles. The zero-order chi connectivity index (χ0) is 31.6. The Bertz CT molecular complexity index is 1970. The highest BCUT2D eigenvalue weighted by atomic mass is 35.5. The van der Waals surface area contributed by atoms with Crippen LogP contribution in [0.5, 0.6) is 0 Å². The number of fused-ring (bicyclic) bond motifs is 1. The van der Waals surface area contributed by atoms with E-state index >= 15 is 0 Å².